The van der Waals surface area contributed by atoms with Gasteiger partial charge in [0.1, 0.15) is 0 Å². The molecular formula is C24H27F3N4O. The smallest absolute Gasteiger partial charge is 0.322 e. The van der Waals surface area contributed by atoms with Crippen LogP contribution in [0.5, 0.6) is 0 Å². The summed E-state index contributed by atoms with van der Waals surface area (Å²) >= 11 is 0. The number of amides is 1. The van der Waals surface area contributed by atoms with Crippen molar-refractivity contribution < 1.29 is 18.0 Å². The minimum Gasteiger partial charge on any atom is -0.322 e. The van der Waals surface area contributed by atoms with Gasteiger partial charge < -0.3 is 16.0 Å². The number of carbonyl (C=O) groups is 1. The van der Waals surface area contributed by atoms with Crippen LogP contribution < -0.4 is 16.0 Å². The topological polar surface area (TPSA) is 56.4 Å². The van der Waals surface area contributed by atoms with Crippen LogP contribution in [0, 0.1) is 19.3 Å². The van der Waals surface area contributed by atoms with E-state index in [0.29, 0.717) is 12.1 Å². The van der Waals surface area contributed by atoms with Gasteiger partial charge in [-0.05, 0) is 42.3 Å². The zero-order chi connectivity index (χ0) is 23.1. The third-order valence-electron chi connectivity index (χ3n) is 5.46. The number of piperazine rings is 1. The van der Waals surface area contributed by atoms with Gasteiger partial charge in [0.25, 0.3) is 5.91 Å². The van der Waals surface area contributed by atoms with Gasteiger partial charge in [-0.25, -0.2) is 0 Å². The van der Waals surface area contributed by atoms with Crippen LogP contribution in [0.3, 0.4) is 0 Å². The zero-order valence-electron chi connectivity index (χ0n) is 18.0. The monoisotopic (exact) mass is 444 g/mol. The highest BCUT2D eigenvalue weighted by Gasteiger charge is 2.33. The van der Waals surface area contributed by atoms with Crippen molar-refractivity contribution in [3.63, 3.8) is 0 Å². The van der Waals surface area contributed by atoms with E-state index < -0.39 is 17.6 Å². The molecule has 3 N–H and O–H groups in total. The number of hydrogen-bond donors (Lipinski definition) is 3. The number of rotatable bonds is 7. The van der Waals surface area contributed by atoms with Crippen LogP contribution in [-0.2, 0) is 12.7 Å². The Morgan fingerprint density at radius 3 is 2.62 bits per heavy atom. The van der Waals surface area contributed by atoms with E-state index >= 15 is 0 Å². The molecule has 0 atom stereocenters. The van der Waals surface area contributed by atoms with Crippen LogP contribution in [0.25, 0.3) is 0 Å². The molecule has 0 spiro atoms. The second-order valence-electron chi connectivity index (χ2n) is 7.77. The second-order valence-corrected chi connectivity index (χ2v) is 7.77. The number of benzene rings is 2. The largest absolute Gasteiger partial charge is 0.416 e. The molecule has 0 radical (unpaired) electrons. The van der Waals surface area contributed by atoms with Crippen LogP contribution >= 0.6 is 0 Å². The number of aryl methyl sites for hydroxylation is 1. The van der Waals surface area contributed by atoms with Gasteiger partial charge in [-0.1, -0.05) is 18.1 Å². The molecule has 8 heteroatoms. The third-order valence-corrected chi connectivity index (χ3v) is 5.46. The van der Waals surface area contributed by atoms with Crippen molar-refractivity contribution in [3.8, 4) is 12.3 Å². The summed E-state index contributed by atoms with van der Waals surface area (Å²) in [6.45, 7) is 7.03. The first kappa shape index (κ1) is 23.8. The minimum absolute atomic E-state index is 0.0784. The standard InChI is InChI=1S/C24H27F3N4O/c1-3-18-14-19(5-4-17(18)2)23(32)30-21-7-6-20(22(15-21)24(25,26)27)16-29-10-13-31-11-8-28-9-12-31/h1,4-7,14-15,28-29H,8-13,16H2,2H3,(H,30,32). The molecule has 1 aliphatic rings. The second kappa shape index (κ2) is 10.6. The Hall–Kier alpha value is -2.86. The Morgan fingerprint density at radius 2 is 1.94 bits per heavy atom. The van der Waals surface area contributed by atoms with E-state index in [1.807, 2.05) is 6.92 Å². The number of carbonyl (C=O) groups excluding carboxylic acids is 1. The molecular weight excluding hydrogens is 417 g/mol. The molecule has 0 aliphatic carbocycles. The molecule has 2 aromatic rings. The normalized spacial score (nSPS) is 14.7. The van der Waals surface area contributed by atoms with Gasteiger partial charge in [-0.2, -0.15) is 13.2 Å². The van der Waals surface area contributed by atoms with Crippen LogP contribution in [0.2, 0.25) is 0 Å². The van der Waals surface area contributed by atoms with Gasteiger partial charge in [-0.15, -0.1) is 6.42 Å². The van der Waals surface area contributed by atoms with E-state index in [1.165, 1.54) is 12.1 Å². The molecule has 0 unspecified atom stereocenters. The number of halogens is 3. The lowest BCUT2D eigenvalue weighted by atomic mass is 10.0. The molecule has 32 heavy (non-hydrogen) atoms. The number of terminal acetylenes is 1. The summed E-state index contributed by atoms with van der Waals surface area (Å²) in [5.74, 6) is 1.98. The van der Waals surface area contributed by atoms with Crippen molar-refractivity contribution in [2.75, 3.05) is 44.6 Å². The van der Waals surface area contributed by atoms with E-state index in [4.69, 9.17) is 6.42 Å². The molecule has 0 bridgehead atoms. The third kappa shape index (κ3) is 6.33. The van der Waals surface area contributed by atoms with Crippen molar-refractivity contribution >= 4 is 11.6 Å². The summed E-state index contributed by atoms with van der Waals surface area (Å²) in [4.78, 5) is 14.8. The maximum atomic E-state index is 13.7. The highest BCUT2D eigenvalue weighted by Crippen LogP contribution is 2.34. The average Bonchev–Trinajstić information content (AvgIpc) is 2.77. The fourth-order valence-electron chi connectivity index (χ4n) is 3.59. The summed E-state index contributed by atoms with van der Waals surface area (Å²) < 4.78 is 41.0. The number of nitrogens with zero attached hydrogens (tertiary/aromatic N) is 1. The Kier molecular flexibility index (Phi) is 7.91. The van der Waals surface area contributed by atoms with Crippen LogP contribution in [0.15, 0.2) is 36.4 Å². The Bertz CT molecular complexity index is 992. The predicted molar refractivity (Wildman–Crippen MR) is 120 cm³/mol. The average molecular weight is 445 g/mol. The molecule has 1 fully saturated rings. The van der Waals surface area contributed by atoms with E-state index in [0.717, 1.165) is 44.4 Å². The minimum atomic E-state index is -4.53. The SMILES string of the molecule is C#Cc1cc(C(=O)Nc2ccc(CNCCN3CCNCC3)c(C(F)(F)F)c2)ccc1C. The molecule has 170 valence electrons. The summed E-state index contributed by atoms with van der Waals surface area (Å²) in [5.41, 5.74) is 1.15. The molecule has 5 nitrogen and oxygen atoms in total. The fraction of sp³-hybridized carbons (Fsp3) is 0.375. The van der Waals surface area contributed by atoms with Gasteiger partial charge in [0.2, 0.25) is 0 Å². The van der Waals surface area contributed by atoms with Crippen LogP contribution in [0.4, 0.5) is 18.9 Å². The van der Waals surface area contributed by atoms with Gasteiger partial charge >= 0.3 is 6.18 Å². The molecule has 3 rings (SSSR count). The van der Waals surface area contributed by atoms with Crippen molar-refractivity contribution in [1.29, 1.82) is 0 Å². The first-order chi connectivity index (χ1) is 15.3. The summed E-state index contributed by atoms with van der Waals surface area (Å²) in [6, 6.07) is 8.70. The van der Waals surface area contributed by atoms with E-state index in [-0.39, 0.29) is 23.4 Å². The summed E-state index contributed by atoms with van der Waals surface area (Å²) in [5, 5.41) is 8.90. The molecule has 1 aliphatic heterocycles. The molecule has 1 heterocycles. The van der Waals surface area contributed by atoms with Crippen LogP contribution in [-0.4, -0.2) is 50.1 Å². The van der Waals surface area contributed by atoms with E-state index in [9.17, 15) is 18.0 Å². The summed E-state index contributed by atoms with van der Waals surface area (Å²) in [6.07, 6.45) is 0.900. The fourth-order valence-corrected chi connectivity index (χ4v) is 3.59. The quantitative estimate of drug-likeness (QED) is 0.453. The number of anilines is 1. The highest BCUT2D eigenvalue weighted by atomic mass is 19.4. The number of nitrogens with one attached hydrogen (secondary N) is 3. The lowest BCUT2D eigenvalue weighted by molar-refractivity contribution is -0.138. The van der Waals surface area contributed by atoms with Crippen molar-refractivity contribution in [2.24, 2.45) is 0 Å². The van der Waals surface area contributed by atoms with Crippen molar-refractivity contribution in [1.82, 2.24) is 15.5 Å². The summed E-state index contributed by atoms with van der Waals surface area (Å²) in [7, 11) is 0. The van der Waals surface area contributed by atoms with Gasteiger partial charge in [0.05, 0.1) is 5.56 Å². The van der Waals surface area contributed by atoms with Gasteiger partial charge in [0.15, 0.2) is 0 Å². The maximum Gasteiger partial charge on any atom is 0.416 e. The molecule has 2 aromatic carbocycles. The molecule has 0 saturated carbocycles. The number of hydrogen-bond acceptors (Lipinski definition) is 4. The molecule has 1 saturated heterocycles. The lowest BCUT2D eigenvalue weighted by Crippen LogP contribution is -2.45. The van der Waals surface area contributed by atoms with E-state index in [1.54, 1.807) is 18.2 Å². The van der Waals surface area contributed by atoms with E-state index in [2.05, 4.69) is 26.8 Å². The zero-order valence-corrected chi connectivity index (χ0v) is 18.0. The highest BCUT2D eigenvalue weighted by molar-refractivity contribution is 6.04. The Balaban J connectivity index is 1.66. The van der Waals surface area contributed by atoms with Gasteiger partial charge in [0, 0.05) is 62.6 Å². The first-order valence-corrected chi connectivity index (χ1v) is 10.5. The maximum absolute atomic E-state index is 13.7. The molecule has 1 amide bonds. The van der Waals surface area contributed by atoms with Gasteiger partial charge in [-0.3, -0.25) is 9.69 Å². The number of alkyl halides is 3. The molecule has 0 aromatic heterocycles. The van der Waals surface area contributed by atoms with Crippen LogP contribution in [0.1, 0.15) is 32.6 Å². The lowest BCUT2D eigenvalue weighted by Gasteiger charge is -2.27. The van der Waals surface area contributed by atoms with Crippen molar-refractivity contribution in [2.45, 2.75) is 19.6 Å². The Labute approximate surface area is 186 Å². The Morgan fingerprint density at radius 1 is 1.19 bits per heavy atom. The predicted octanol–water partition coefficient (Wildman–Crippen LogP) is 3.24. The van der Waals surface area contributed by atoms with Crippen molar-refractivity contribution in [3.05, 3.63) is 64.2 Å². The first-order valence-electron chi connectivity index (χ1n) is 10.5.